The lowest BCUT2D eigenvalue weighted by molar-refractivity contribution is 0.456. The number of halogens is 1. The third kappa shape index (κ3) is 3.83. The molecule has 4 heteroatoms. The lowest BCUT2D eigenvalue weighted by atomic mass is 9.96. The molecular weight excluding hydrogens is 276 g/mol. The van der Waals surface area contributed by atoms with E-state index in [4.69, 9.17) is 29.6 Å². The van der Waals surface area contributed by atoms with Crippen LogP contribution in [0.2, 0.25) is 5.02 Å². The van der Waals surface area contributed by atoms with Crippen LogP contribution in [0.5, 0.6) is 0 Å². The summed E-state index contributed by atoms with van der Waals surface area (Å²) in [6.45, 7) is 2.31. The normalized spacial score (nSPS) is 23.7. The van der Waals surface area contributed by atoms with Crippen LogP contribution in [0.25, 0.3) is 0 Å². The molecule has 1 aliphatic rings. The zero-order valence-electron chi connectivity index (χ0n) is 11.3. The maximum absolute atomic E-state index is 6.08. The van der Waals surface area contributed by atoms with Crippen LogP contribution in [0.1, 0.15) is 44.6 Å². The molecule has 2 nitrogen and oxygen atoms in total. The number of nitrogens with two attached hydrogens (primary N) is 1. The highest BCUT2D eigenvalue weighted by molar-refractivity contribution is 7.80. The average Bonchev–Trinajstić information content (AvgIpc) is 2.55. The molecule has 3 N–H and O–H groups in total. The van der Waals surface area contributed by atoms with Crippen LogP contribution in [0.3, 0.4) is 0 Å². The Morgan fingerprint density at radius 3 is 2.79 bits per heavy atom. The van der Waals surface area contributed by atoms with Gasteiger partial charge in [0.2, 0.25) is 0 Å². The molecule has 0 saturated heterocycles. The Morgan fingerprint density at radius 2 is 2.05 bits per heavy atom. The summed E-state index contributed by atoms with van der Waals surface area (Å²) in [5.41, 5.74) is 7.64. The van der Waals surface area contributed by atoms with E-state index >= 15 is 0 Å². The van der Waals surface area contributed by atoms with Crippen molar-refractivity contribution in [1.82, 2.24) is 0 Å². The molecule has 0 aromatic heterocycles. The van der Waals surface area contributed by atoms with E-state index in [1.165, 1.54) is 32.1 Å². The Morgan fingerprint density at radius 1 is 1.32 bits per heavy atom. The summed E-state index contributed by atoms with van der Waals surface area (Å²) >= 11 is 11.2. The van der Waals surface area contributed by atoms with Gasteiger partial charge in [-0.2, -0.15) is 0 Å². The smallest absolute Gasteiger partial charge is 0.106 e. The van der Waals surface area contributed by atoms with Crippen LogP contribution in [0.15, 0.2) is 18.2 Å². The van der Waals surface area contributed by atoms with Gasteiger partial charge in [0, 0.05) is 22.3 Å². The van der Waals surface area contributed by atoms with Crippen LogP contribution in [0, 0.1) is 5.92 Å². The lowest BCUT2D eigenvalue weighted by Crippen LogP contribution is -2.27. The van der Waals surface area contributed by atoms with Crippen molar-refractivity contribution in [2.45, 2.75) is 45.1 Å². The monoisotopic (exact) mass is 296 g/mol. The Balaban J connectivity index is 2.21. The molecule has 0 aliphatic heterocycles. The van der Waals surface area contributed by atoms with Gasteiger partial charge in [-0.15, -0.1) is 0 Å². The minimum absolute atomic E-state index is 0.417. The number of anilines is 1. The van der Waals surface area contributed by atoms with Gasteiger partial charge in [0.05, 0.1) is 0 Å². The molecule has 19 heavy (non-hydrogen) atoms. The van der Waals surface area contributed by atoms with Gasteiger partial charge in [-0.05, 0) is 37.0 Å². The summed E-state index contributed by atoms with van der Waals surface area (Å²) in [6, 6.07) is 6.13. The van der Waals surface area contributed by atoms with Gasteiger partial charge >= 0.3 is 0 Å². The van der Waals surface area contributed by atoms with E-state index in [0.717, 1.165) is 11.3 Å². The van der Waals surface area contributed by atoms with E-state index in [9.17, 15) is 0 Å². The number of hydrogen-bond acceptors (Lipinski definition) is 2. The molecule has 0 bridgehead atoms. The van der Waals surface area contributed by atoms with Gasteiger partial charge in [-0.25, -0.2) is 0 Å². The summed E-state index contributed by atoms with van der Waals surface area (Å²) in [5, 5.41) is 4.32. The van der Waals surface area contributed by atoms with E-state index in [1.807, 2.05) is 18.2 Å². The highest BCUT2D eigenvalue weighted by Gasteiger charge is 2.20. The number of thiocarbonyl (C=S) groups is 1. The molecule has 0 radical (unpaired) electrons. The Labute approximate surface area is 125 Å². The van der Waals surface area contributed by atoms with Crippen molar-refractivity contribution >= 4 is 34.5 Å². The maximum Gasteiger partial charge on any atom is 0.106 e. The summed E-state index contributed by atoms with van der Waals surface area (Å²) < 4.78 is 0. The fraction of sp³-hybridized carbons (Fsp3) is 0.533. The first-order valence-electron chi connectivity index (χ1n) is 6.94. The van der Waals surface area contributed by atoms with Crippen molar-refractivity contribution in [3.8, 4) is 0 Å². The predicted octanol–water partition coefficient (Wildman–Crippen LogP) is 4.35. The van der Waals surface area contributed by atoms with Crippen LogP contribution in [-0.4, -0.2) is 11.0 Å². The number of benzene rings is 1. The largest absolute Gasteiger partial charge is 0.389 e. The summed E-state index contributed by atoms with van der Waals surface area (Å²) in [7, 11) is 0. The van der Waals surface area contributed by atoms with Gasteiger partial charge in [-0.3, -0.25) is 0 Å². The highest BCUT2D eigenvalue weighted by atomic mass is 35.5. The highest BCUT2D eigenvalue weighted by Crippen LogP contribution is 2.28. The number of hydrogen-bond donors (Lipinski definition) is 2. The summed E-state index contributed by atoms with van der Waals surface area (Å²) in [4.78, 5) is 0.417. The molecule has 1 aromatic carbocycles. The van der Waals surface area contributed by atoms with Crippen molar-refractivity contribution in [2.24, 2.45) is 11.7 Å². The maximum atomic E-state index is 6.08. The lowest BCUT2D eigenvalue weighted by Gasteiger charge is -2.25. The molecule has 104 valence electrons. The molecule has 1 saturated carbocycles. The molecule has 2 unspecified atom stereocenters. The van der Waals surface area contributed by atoms with Crippen molar-refractivity contribution in [3.63, 3.8) is 0 Å². The van der Waals surface area contributed by atoms with Crippen LogP contribution < -0.4 is 11.1 Å². The van der Waals surface area contributed by atoms with Crippen molar-refractivity contribution in [1.29, 1.82) is 0 Å². The minimum atomic E-state index is 0.417. The third-order valence-corrected chi connectivity index (χ3v) is 4.40. The second-order valence-corrected chi connectivity index (χ2v) is 6.30. The standard InChI is InChI=1S/C15H21ClN2S/c1-10-5-3-2-4-6-13(10)18-14-9-11(16)7-8-12(14)15(17)19/h7-10,13,18H,2-6H2,1H3,(H2,17,19). The molecule has 1 fully saturated rings. The number of rotatable bonds is 3. The van der Waals surface area contributed by atoms with Gasteiger partial charge < -0.3 is 11.1 Å². The molecule has 2 atom stereocenters. The fourth-order valence-corrected chi connectivity index (χ4v) is 3.11. The molecular formula is C15H21ClN2S. The van der Waals surface area contributed by atoms with E-state index in [-0.39, 0.29) is 0 Å². The first-order chi connectivity index (χ1) is 9.08. The molecule has 0 heterocycles. The summed E-state index contributed by atoms with van der Waals surface area (Å²) in [6.07, 6.45) is 6.42. The summed E-state index contributed by atoms with van der Waals surface area (Å²) in [5.74, 6) is 0.667. The van der Waals surface area contributed by atoms with Crippen molar-refractivity contribution < 1.29 is 0 Å². The quantitative estimate of drug-likeness (QED) is 0.643. The SMILES string of the molecule is CC1CCCCCC1Nc1cc(Cl)ccc1C(N)=S. The minimum Gasteiger partial charge on any atom is -0.389 e. The first-order valence-corrected chi connectivity index (χ1v) is 7.72. The van der Waals surface area contributed by atoms with Crippen LogP contribution in [0.4, 0.5) is 5.69 Å². The first kappa shape index (κ1) is 14.6. The van der Waals surface area contributed by atoms with E-state index in [1.54, 1.807) is 0 Å². The third-order valence-electron chi connectivity index (χ3n) is 3.95. The Kier molecular flexibility index (Phi) is 5.06. The van der Waals surface area contributed by atoms with Gasteiger partial charge in [0.25, 0.3) is 0 Å². The predicted molar refractivity (Wildman–Crippen MR) is 87.0 cm³/mol. The van der Waals surface area contributed by atoms with Crippen molar-refractivity contribution in [2.75, 3.05) is 5.32 Å². The van der Waals surface area contributed by atoms with E-state index in [2.05, 4.69) is 12.2 Å². The van der Waals surface area contributed by atoms with Crippen LogP contribution in [-0.2, 0) is 0 Å². The van der Waals surface area contributed by atoms with Gasteiger partial charge in [0.15, 0.2) is 0 Å². The molecule has 1 aliphatic carbocycles. The zero-order chi connectivity index (χ0) is 13.8. The van der Waals surface area contributed by atoms with Crippen molar-refractivity contribution in [3.05, 3.63) is 28.8 Å². The molecule has 0 spiro atoms. The second-order valence-electron chi connectivity index (χ2n) is 5.42. The molecule has 2 rings (SSSR count). The topological polar surface area (TPSA) is 38.0 Å². The Bertz CT molecular complexity index is 461. The van der Waals surface area contributed by atoms with E-state index in [0.29, 0.717) is 22.0 Å². The molecule has 1 aromatic rings. The second kappa shape index (κ2) is 6.58. The Hall–Kier alpha value is -0.800. The van der Waals surface area contributed by atoms with Crippen LogP contribution >= 0.6 is 23.8 Å². The van der Waals surface area contributed by atoms with Gasteiger partial charge in [-0.1, -0.05) is 50.0 Å². The average molecular weight is 297 g/mol. The fourth-order valence-electron chi connectivity index (χ4n) is 2.76. The van der Waals surface area contributed by atoms with Gasteiger partial charge in [0.1, 0.15) is 4.99 Å². The van der Waals surface area contributed by atoms with E-state index < -0.39 is 0 Å². The molecule has 0 amide bonds. The zero-order valence-corrected chi connectivity index (χ0v) is 12.9. The number of nitrogens with one attached hydrogen (secondary N) is 1.